The Kier molecular flexibility index (Phi) is 6.64. The number of thiophene rings is 1. The molecule has 2 heterocycles. The summed E-state index contributed by atoms with van der Waals surface area (Å²) in [5, 5.41) is 14.7. The average Bonchev–Trinajstić information content (AvgIpc) is 3.40. The van der Waals surface area contributed by atoms with Crippen molar-refractivity contribution < 1.29 is 28.6 Å². The van der Waals surface area contributed by atoms with E-state index in [1.807, 2.05) is 12.3 Å². The number of hydrogen-bond donors (Lipinski definition) is 2. The number of hydrazone groups is 1. The molecule has 0 aliphatic rings. The highest BCUT2D eigenvalue weighted by atomic mass is 32.1. The van der Waals surface area contributed by atoms with Crippen LogP contribution in [-0.4, -0.2) is 29.8 Å². The Bertz CT molecular complexity index is 1010. The molecule has 150 valence electrons. The van der Waals surface area contributed by atoms with E-state index in [1.165, 1.54) is 23.6 Å². The molecule has 3 aromatic rings. The summed E-state index contributed by atoms with van der Waals surface area (Å²) in [7, 11) is 0. The van der Waals surface area contributed by atoms with Crippen LogP contribution in [0.3, 0.4) is 0 Å². The van der Waals surface area contributed by atoms with Gasteiger partial charge >= 0.3 is 5.97 Å². The molecule has 0 saturated carbocycles. The number of nitrogens with one attached hydrogen (secondary N) is 1. The summed E-state index contributed by atoms with van der Waals surface area (Å²) in [5.41, 5.74) is 3.17. The number of nitrogens with zero attached hydrogens (tertiary/aromatic N) is 1. The predicted molar refractivity (Wildman–Crippen MR) is 107 cm³/mol. The highest BCUT2D eigenvalue weighted by Crippen LogP contribution is 2.29. The third kappa shape index (κ3) is 5.45. The van der Waals surface area contributed by atoms with Gasteiger partial charge in [0.15, 0.2) is 11.5 Å². The quantitative estimate of drug-likeness (QED) is 0.407. The van der Waals surface area contributed by atoms with Crippen molar-refractivity contribution in [3.8, 4) is 11.5 Å². The molecule has 0 atom stereocenters. The number of ether oxygens (including phenoxy) is 2. The van der Waals surface area contributed by atoms with Crippen LogP contribution in [0.15, 0.2) is 57.4 Å². The summed E-state index contributed by atoms with van der Waals surface area (Å²) in [6.07, 6.45) is 1.50. The van der Waals surface area contributed by atoms with Crippen molar-refractivity contribution in [1.82, 2.24) is 5.43 Å². The smallest absolute Gasteiger partial charge is 0.371 e. The third-order valence-electron chi connectivity index (χ3n) is 3.63. The van der Waals surface area contributed by atoms with Crippen LogP contribution in [0.25, 0.3) is 0 Å². The van der Waals surface area contributed by atoms with E-state index in [9.17, 15) is 9.59 Å². The highest BCUT2D eigenvalue weighted by Gasteiger charge is 2.11. The summed E-state index contributed by atoms with van der Waals surface area (Å²) in [6.45, 7) is 2.32. The molecule has 2 N–H and O–H groups in total. The van der Waals surface area contributed by atoms with Crippen LogP contribution in [0.2, 0.25) is 0 Å². The van der Waals surface area contributed by atoms with E-state index in [0.717, 1.165) is 0 Å². The minimum atomic E-state index is -1.14. The number of carboxylic acids is 1. The van der Waals surface area contributed by atoms with Crippen molar-refractivity contribution in [3.63, 3.8) is 0 Å². The van der Waals surface area contributed by atoms with Crippen LogP contribution in [0.5, 0.6) is 11.5 Å². The molecule has 9 heteroatoms. The molecule has 3 rings (SSSR count). The number of carbonyl (C=O) groups excluding carboxylic acids is 1. The molecule has 1 amide bonds. The Morgan fingerprint density at radius 1 is 1.21 bits per heavy atom. The maximum Gasteiger partial charge on any atom is 0.371 e. The van der Waals surface area contributed by atoms with Gasteiger partial charge in [0.1, 0.15) is 12.4 Å². The first-order valence-corrected chi connectivity index (χ1v) is 9.53. The molecular weight excluding hydrogens is 396 g/mol. The number of aromatic carboxylic acids is 1. The van der Waals surface area contributed by atoms with E-state index >= 15 is 0 Å². The van der Waals surface area contributed by atoms with Crippen molar-refractivity contribution in [2.45, 2.75) is 13.5 Å². The van der Waals surface area contributed by atoms with Crippen LogP contribution in [0, 0.1) is 0 Å². The molecule has 2 aromatic heterocycles. The zero-order chi connectivity index (χ0) is 20.6. The third-order valence-corrected chi connectivity index (χ3v) is 4.50. The van der Waals surface area contributed by atoms with E-state index in [2.05, 4.69) is 10.5 Å². The predicted octanol–water partition coefficient (Wildman–Crippen LogP) is 3.78. The number of carboxylic acid groups (broad SMARTS) is 1. The summed E-state index contributed by atoms with van der Waals surface area (Å²) < 4.78 is 16.5. The number of amides is 1. The van der Waals surface area contributed by atoms with Gasteiger partial charge in [-0.2, -0.15) is 5.10 Å². The molecule has 0 spiro atoms. The topological polar surface area (TPSA) is 110 Å². The number of hydrogen-bond acceptors (Lipinski definition) is 7. The Morgan fingerprint density at radius 3 is 2.76 bits per heavy atom. The lowest BCUT2D eigenvalue weighted by Gasteiger charge is -2.11. The molecule has 0 radical (unpaired) electrons. The highest BCUT2D eigenvalue weighted by molar-refractivity contribution is 7.12. The van der Waals surface area contributed by atoms with Gasteiger partial charge in [0, 0.05) is 0 Å². The summed E-state index contributed by atoms with van der Waals surface area (Å²) in [4.78, 5) is 23.3. The van der Waals surface area contributed by atoms with E-state index in [4.69, 9.17) is 19.0 Å². The normalized spacial score (nSPS) is 10.8. The minimum absolute atomic E-state index is 0.0532. The number of carbonyl (C=O) groups is 2. The van der Waals surface area contributed by atoms with Gasteiger partial charge in [-0.25, -0.2) is 10.2 Å². The van der Waals surface area contributed by atoms with E-state index in [-0.39, 0.29) is 18.3 Å². The van der Waals surface area contributed by atoms with Gasteiger partial charge in [0.05, 0.1) is 17.7 Å². The van der Waals surface area contributed by atoms with Gasteiger partial charge in [-0.1, -0.05) is 6.07 Å². The van der Waals surface area contributed by atoms with Crippen LogP contribution >= 0.6 is 11.3 Å². The summed E-state index contributed by atoms with van der Waals surface area (Å²) >= 11 is 1.33. The van der Waals surface area contributed by atoms with Crippen molar-refractivity contribution in [3.05, 3.63) is 69.8 Å². The summed E-state index contributed by atoms with van der Waals surface area (Å²) in [5.74, 6) is -0.219. The number of rotatable bonds is 9. The Hall–Kier alpha value is -3.59. The zero-order valence-electron chi connectivity index (χ0n) is 15.5. The Labute approximate surface area is 170 Å². The van der Waals surface area contributed by atoms with Crippen LogP contribution in [0.1, 0.15) is 38.5 Å². The molecule has 0 unspecified atom stereocenters. The van der Waals surface area contributed by atoms with Gasteiger partial charge in [-0.05, 0) is 54.3 Å². The maximum atomic E-state index is 11.9. The molecule has 0 fully saturated rings. The first-order valence-electron chi connectivity index (χ1n) is 8.65. The van der Waals surface area contributed by atoms with Crippen molar-refractivity contribution >= 4 is 29.4 Å². The fraction of sp³-hybridized carbons (Fsp3) is 0.150. The standard InChI is InChI=1S/C20H18N2O6S/c1-2-26-17-10-13(11-21-22-19(23)18-4-3-9-29-18)5-7-15(17)27-12-14-6-8-16(28-14)20(24)25/h3-11H,2,12H2,1H3,(H,22,23)(H,24,25). The molecule has 8 nitrogen and oxygen atoms in total. The van der Waals surface area contributed by atoms with Crippen LogP contribution < -0.4 is 14.9 Å². The Balaban J connectivity index is 1.65. The van der Waals surface area contributed by atoms with Gasteiger partial charge in [-0.3, -0.25) is 4.79 Å². The molecular formula is C20H18N2O6S. The molecule has 0 aliphatic heterocycles. The molecule has 29 heavy (non-hydrogen) atoms. The van der Waals surface area contributed by atoms with E-state index in [0.29, 0.717) is 34.3 Å². The zero-order valence-corrected chi connectivity index (χ0v) is 16.3. The van der Waals surface area contributed by atoms with Gasteiger partial charge in [0.2, 0.25) is 5.76 Å². The fourth-order valence-corrected chi connectivity index (χ4v) is 2.95. The molecule has 1 aromatic carbocycles. The molecule has 0 aliphatic carbocycles. The van der Waals surface area contributed by atoms with Crippen LogP contribution in [-0.2, 0) is 6.61 Å². The largest absolute Gasteiger partial charge is 0.490 e. The fourth-order valence-electron chi connectivity index (χ4n) is 2.34. The Morgan fingerprint density at radius 2 is 2.07 bits per heavy atom. The van der Waals surface area contributed by atoms with E-state index in [1.54, 1.807) is 36.4 Å². The average molecular weight is 414 g/mol. The van der Waals surface area contributed by atoms with Crippen molar-refractivity contribution in [2.75, 3.05) is 6.61 Å². The minimum Gasteiger partial charge on any atom is -0.490 e. The van der Waals surface area contributed by atoms with Gasteiger partial charge in [0.25, 0.3) is 5.91 Å². The lowest BCUT2D eigenvalue weighted by atomic mass is 10.2. The lowest BCUT2D eigenvalue weighted by molar-refractivity contribution is 0.0657. The maximum absolute atomic E-state index is 11.9. The van der Waals surface area contributed by atoms with Crippen molar-refractivity contribution in [1.29, 1.82) is 0 Å². The lowest BCUT2D eigenvalue weighted by Crippen LogP contribution is -2.16. The molecule has 0 bridgehead atoms. The second-order valence-corrected chi connectivity index (χ2v) is 6.62. The SMILES string of the molecule is CCOc1cc(C=NNC(=O)c2cccs2)ccc1OCc1ccc(C(=O)O)o1. The second-order valence-electron chi connectivity index (χ2n) is 5.68. The summed E-state index contributed by atoms with van der Waals surface area (Å²) in [6, 6.07) is 11.6. The second kappa shape index (κ2) is 9.56. The van der Waals surface area contributed by atoms with Gasteiger partial charge in [-0.15, -0.1) is 11.3 Å². The first kappa shape index (κ1) is 20.2. The van der Waals surface area contributed by atoms with Crippen LogP contribution in [0.4, 0.5) is 0 Å². The number of furan rings is 1. The number of benzene rings is 1. The van der Waals surface area contributed by atoms with E-state index < -0.39 is 5.97 Å². The monoisotopic (exact) mass is 414 g/mol. The van der Waals surface area contributed by atoms with Gasteiger partial charge < -0.3 is 19.0 Å². The first-order chi connectivity index (χ1) is 14.1. The molecule has 0 saturated heterocycles. The van der Waals surface area contributed by atoms with Crippen molar-refractivity contribution in [2.24, 2.45) is 5.10 Å².